The minimum Gasteiger partial charge on any atom is -0.438 e. The van der Waals surface area contributed by atoms with Crippen LogP contribution in [0.2, 0.25) is 0 Å². The number of carbonyl (C=O) groups excluding carboxylic acids is 1. The fraction of sp³-hybridized carbons (Fsp3) is 0.375. The van der Waals surface area contributed by atoms with Crippen molar-refractivity contribution in [2.24, 2.45) is 0 Å². The second-order valence-electron chi connectivity index (χ2n) is 5.05. The Bertz CT molecular complexity index is 640. The first-order valence-electron chi connectivity index (χ1n) is 6.81. The Balaban J connectivity index is 0.00000242. The highest BCUT2D eigenvalue weighted by Gasteiger charge is 2.14. The Morgan fingerprint density at radius 1 is 1.36 bits per heavy atom. The van der Waals surface area contributed by atoms with E-state index >= 15 is 0 Å². The maximum atomic E-state index is 11.0. The van der Waals surface area contributed by atoms with Gasteiger partial charge >= 0.3 is 6.16 Å². The van der Waals surface area contributed by atoms with Gasteiger partial charge in [0.1, 0.15) is 0 Å². The molecule has 0 radical (unpaired) electrons. The lowest BCUT2D eigenvalue weighted by atomic mass is 9.92. The van der Waals surface area contributed by atoms with Gasteiger partial charge in [-0.2, -0.15) is 0 Å². The monoisotopic (exact) mass is 324 g/mol. The number of hydrogen-bond acceptors (Lipinski definition) is 4. The first-order chi connectivity index (χ1) is 10.0. The molecule has 0 amide bonds. The van der Waals surface area contributed by atoms with E-state index in [0.29, 0.717) is 0 Å². The molecule has 0 bridgehead atoms. The lowest BCUT2D eigenvalue weighted by Crippen LogP contribution is -2.08. The van der Waals surface area contributed by atoms with E-state index in [1.54, 1.807) is 10.9 Å². The Morgan fingerprint density at radius 2 is 2.09 bits per heavy atom. The van der Waals surface area contributed by atoms with Crippen molar-refractivity contribution in [3.05, 3.63) is 53.1 Å². The number of aryl methyl sites for hydroxylation is 1. The topological polar surface area (TPSA) is 53.4 Å². The Kier molecular flexibility index (Phi) is 6.43. The van der Waals surface area contributed by atoms with E-state index in [2.05, 4.69) is 48.7 Å². The SMILES string of the molecule is COC(=O)OCn1cnc([C@@H](C)c2cccc(C)c2C)c1.Cl. The van der Waals surface area contributed by atoms with Gasteiger partial charge in [0, 0.05) is 12.1 Å². The number of nitrogens with zero attached hydrogens (tertiary/aromatic N) is 2. The van der Waals surface area contributed by atoms with E-state index in [9.17, 15) is 4.79 Å². The van der Waals surface area contributed by atoms with Crippen molar-refractivity contribution in [3.8, 4) is 0 Å². The lowest BCUT2D eigenvalue weighted by Gasteiger charge is -2.14. The average molecular weight is 325 g/mol. The van der Waals surface area contributed by atoms with Crippen molar-refractivity contribution in [3.63, 3.8) is 0 Å². The molecular formula is C16H21ClN2O3. The van der Waals surface area contributed by atoms with Crippen LogP contribution in [0.5, 0.6) is 0 Å². The third-order valence-electron chi connectivity index (χ3n) is 3.71. The average Bonchev–Trinajstić information content (AvgIpc) is 2.95. The summed E-state index contributed by atoms with van der Waals surface area (Å²) < 4.78 is 11.0. The van der Waals surface area contributed by atoms with Gasteiger partial charge in [0.25, 0.3) is 0 Å². The van der Waals surface area contributed by atoms with E-state index in [-0.39, 0.29) is 25.1 Å². The molecule has 22 heavy (non-hydrogen) atoms. The summed E-state index contributed by atoms with van der Waals surface area (Å²) in [7, 11) is 1.28. The molecular weight excluding hydrogens is 304 g/mol. The van der Waals surface area contributed by atoms with E-state index in [1.807, 2.05) is 6.20 Å². The van der Waals surface area contributed by atoms with Crippen LogP contribution in [0.1, 0.15) is 35.2 Å². The van der Waals surface area contributed by atoms with Crippen molar-refractivity contribution in [2.75, 3.05) is 7.11 Å². The van der Waals surface area contributed by atoms with E-state index < -0.39 is 6.16 Å². The maximum absolute atomic E-state index is 11.0. The molecule has 0 fully saturated rings. The van der Waals surface area contributed by atoms with Crippen LogP contribution in [-0.4, -0.2) is 22.8 Å². The molecule has 1 atom stereocenters. The number of imidazole rings is 1. The molecule has 0 spiro atoms. The molecule has 1 heterocycles. The second kappa shape index (κ2) is 7.84. The molecule has 1 aromatic carbocycles. The number of carbonyl (C=O) groups is 1. The summed E-state index contributed by atoms with van der Waals surface area (Å²) in [6.07, 6.45) is 2.84. The van der Waals surface area contributed by atoms with Crippen LogP contribution in [0, 0.1) is 13.8 Å². The fourth-order valence-electron chi connectivity index (χ4n) is 2.26. The van der Waals surface area contributed by atoms with Gasteiger partial charge in [-0.1, -0.05) is 25.1 Å². The standard InChI is InChI=1S/C16H20N2O3.ClH/c1-11-6-5-7-14(12(11)2)13(3)15-8-18(9-17-15)10-21-16(19)20-4;/h5-9,13H,10H2,1-4H3;1H/t13-;/m0./s1. The molecule has 1 aromatic heterocycles. The predicted octanol–water partition coefficient (Wildman–Crippen LogP) is 3.81. The first-order valence-corrected chi connectivity index (χ1v) is 6.81. The third-order valence-corrected chi connectivity index (χ3v) is 3.71. The number of hydrogen-bond donors (Lipinski definition) is 0. The molecule has 0 aliphatic rings. The quantitative estimate of drug-likeness (QED) is 0.802. The summed E-state index contributed by atoms with van der Waals surface area (Å²) in [5.41, 5.74) is 4.75. The molecule has 0 saturated carbocycles. The number of rotatable bonds is 4. The maximum Gasteiger partial charge on any atom is 0.509 e. The van der Waals surface area contributed by atoms with Gasteiger partial charge in [0.2, 0.25) is 0 Å². The second-order valence-corrected chi connectivity index (χ2v) is 5.05. The highest BCUT2D eigenvalue weighted by atomic mass is 35.5. The van der Waals surface area contributed by atoms with Crippen molar-refractivity contribution in [2.45, 2.75) is 33.4 Å². The summed E-state index contributed by atoms with van der Waals surface area (Å²) in [6.45, 7) is 6.45. The summed E-state index contributed by atoms with van der Waals surface area (Å²) >= 11 is 0. The first kappa shape index (κ1) is 18.0. The van der Waals surface area contributed by atoms with E-state index in [0.717, 1.165) is 5.69 Å². The van der Waals surface area contributed by atoms with E-state index in [1.165, 1.54) is 23.8 Å². The van der Waals surface area contributed by atoms with Crippen LogP contribution >= 0.6 is 12.4 Å². The molecule has 5 nitrogen and oxygen atoms in total. The molecule has 0 saturated heterocycles. The van der Waals surface area contributed by atoms with E-state index in [4.69, 9.17) is 4.74 Å². The molecule has 2 rings (SSSR count). The normalized spacial score (nSPS) is 11.5. The lowest BCUT2D eigenvalue weighted by molar-refractivity contribution is 0.0486. The number of aromatic nitrogens is 2. The Hall–Kier alpha value is -2.01. The zero-order valence-electron chi connectivity index (χ0n) is 13.2. The van der Waals surface area contributed by atoms with Gasteiger partial charge in [-0.15, -0.1) is 12.4 Å². The number of ether oxygens (including phenoxy) is 2. The molecule has 0 aliphatic carbocycles. The van der Waals surface area contributed by atoms with Crippen molar-refractivity contribution >= 4 is 18.6 Å². The van der Waals surface area contributed by atoms with Gasteiger partial charge in [0.15, 0.2) is 6.73 Å². The Labute approximate surface area is 136 Å². The summed E-state index contributed by atoms with van der Waals surface area (Å²) in [5, 5.41) is 0. The van der Waals surface area contributed by atoms with Gasteiger partial charge < -0.3 is 14.0 Å². The van der Waals surface area contributed by atoms with Crippen LogP contribution in [0.25, 0.3) is 0 Å². The van der Waals surface area contributed by atoms with Crippen molar-refractivity contribution in [1.29, 1.82) is 0 Å². The minimum atomic E-state index is -0.701. The van der Waals surface area contributed by atoms with Gasteiger partial charge in [0.05, 0.1) is 19.1 Å². The van der Waals surface area contributed by atoms with Crippen LogP contribution in [0.15, 0.2) is 30.7 Å². The van der Waals surface area contributed by atoms with Gasteiger partial charge in [-0.3, -0.25) is 0 Å². The fourth-order valence-corrected chi connectivity index (χ4v) is 2.26. The highest BCUT2D eigenvalue weighted by molar-refractivity contribution is 5.85. The van der Waals surface area contributed by atoms with Crippen LogP contribution in [0.3, 0.4) is 0 Å². The highest BCUT2D eigenvalue weighted by Crippen LogP contribution is 2.27. The van der Waals surface area contributed by atoms with Crippen LogP contribution in [-0.2, 0) is 16.2 Å². The van der Waals surface area contributed by atoms with Gasteiger partial charge in [-0.05, 0) is 30.5 Å². The summed E-state index contributed by atoms with van der Waals surface area (Å²) in [6, 6.07) is 6.29. The zero-order chi connectivity index (χ0) is 15.4. The minimum absolute atomic E-state index is 0. The largest absolute Gasteiger partial charge is 0.509 e. The summed E-state index contributed by atoms with van der Waals surface area (Å²) in [5.74, 6) is 0.185. The summed E-state index contributed by atoms with van der Waals surface area (Å²) in [4.78, 5) is 15.3. The number of benzene rings is 1. The number of methoxy groups -OCH3 is 1. The van der Waals surface area contributed by atoms with Gasteiger partial charge in [-0.25, -0.2) is 9.78 Å². The third kappa shape index (κ3) is 4.01. The van der Waals surface area contributed by atoms with Crippen molar-refractivity contribution < 1.29 is 14.3 Å². The number of halogens is 1. The Morgan fingerprint density at radius 3 is 2.77 bits per heavy atom. The molecule has 0 unspecified atom stereocenters. The molecule has 2 aromatic rings. The zero-order valence-corrected chi connectivity index (χ0v) is 14.0. The van der Waals surface area contributed by atoms with Crippen LogP contribution in [0.4, 0.5) is 4.79 Å². The molecule has 120 valence electrons. The van der Waals surface area contributed by atoms with Crippen LogP contribution < -0.4 is 0 Å². The molecule has 6 heteroatoms. The molecule has 0 aliphatic heterocycles. The predicted molar refractivity (Wildman–Crippen MR) is 86.4 cm³/mol. The molecule has 0 N–H and O–H groups in total. The van der Waals surface area contributed by atoms with Crippen molar-refractivity contribution in [1.82, 2.24) is 9.55 Å². The smallest absolute Gasteiger partial charge is 0.438 e.